The number of aromatic hydroxyl groups is 1. The molecule has 2 aromatic carbocycles. The molecular weight excluding hydrogens is 293 g/mol. The quantitative estimate of drug-likeness (QED) is 0.818. The summed E-state index contributed by atoms with van der Waals surface area (Å²) in [6.07, 6.45) is -3.23. The molecule has 2 aromatic rings. The maximum atomic E-state index is 12.9. The fraction of sp³-hybridized carbons (Fsp3) is 0.188. The average molecular weight is 306 g/mol. The number of anilines is 1. The Balaban J connectivity index is 1.90. The van der Waals surface area contributed by atoms with Crippen LogP contribution in [-0.2, 0) is 12.6 Å². The van der Waals surface area contributed by atoms with Crippen molar-refractivity contribution < 1.29 is 18.3 Å². The van der Waals surface area contributed by atoms with Crippen LogP contribution in [0.25, 0.3) is 0 Å². The van der Waals surface area contributed by atoms with Crippen molar-refractivity contribution in [3.05, 3.63) is 59.2 Å². The van der Waals surface area contributed by atoms with Gasteiger partial charge in [-0.2, -0.15) is 18.3 Å². The Morgan fingerprint density at radius 3 is 2.55 bits per heavy atom. The van der Waals surface area contributed by atoms with Crippen LogP contribution in [0.5, 0.6) is 5.75 Å². The van der Waals surface area contributed by atoms with E-state index in [0.29, 0.717) is 18.6 Å². The van der Waals surface area contributed by atoms with Crippen LogP contribution in [0.2, 0.25) is 0 Å². The van der Waals surface area contributed by atoms with Crippen LogP contribution in [0.1, 0.15) is 23.1 Å². The molecule has 0 heterocycles. The zero-order chi connectivity index (χ0) is 15.7. The van der Waals surface area contributed by atoms with Crippen molar-refractivity contribution in [2.75, 3.05) is 5.43 Å². The highest BCUT2D eigenvalue weighted by molar-refractivity contribution is 6.05. The zero-order valence-electron chi connectivity index (χ0n) is 11.5. The lowest BCUT2D eigenvalue weighted by Gasteiger charge is -2.12. The molecule has 22 heavy (non-hydrogen) atoms. The minimum atomic E-state index is -4.43. The van der Waals surface area contributed by atoms with Crippen molar-refractivity contribution in [1.29, 1.82) is 0 Å². The van der Waals surface area contributed by atoms with E-state index < -0.39 is 11.7 Å². The Labute approximate surface area is 125 Å². The molecule has 1 aliphatic carbocycles. The molecule has 2 N–H and O–H groups in total. The standard InChI is InChI=1S/C16H13F3N2O/c17-16(18,19)12-5-1-2-6-14(12)21-20-13-9-8-11-10(13)4-3-7-15(11)22/h1-7,21-22H,8-9H2/b20-13-. The van der Waals surface area contributed by atoms with Gasteiger partial charge in [0.05, 0.1) is 17.0 Å². The van der Waals surface area contributed by atoms with Gasteiger partial charge in [0.2, 0.25) is 0 Å². The molecule has 0 saturated carbocycles. The summed E-state index contributed by atoms with van der Waals surface area (Å²) in [5.41, 5.74) is 3.87. The third-order valence-electron chi connectivity index (χ3n) is 3.62. The molecule has 0 radical (unpaired) electrons. The van der Waals surface area contributed by atoms with Crippen LogP contribution in [0.15, 0.2) is 47.6 Å². The number of fused-ring (bicyclic) bond motifs is 1. The van der Waals surface area contributed by atoms with E-state index in [1.807, 2.05) is 0 Å². The third kappa shape index (κ3) is 2.64. The monoisotopic (exact) mass is 306 g/mol. The van der Waals surface area contributed by atoms with E-state index in [9.17, 15) is 18.3 Å². The van der Waals surface area contributed by atoms with Gasteiger partial charge in [-0.25, -0.2) is 0 Å². The summed E-state index contributed by atoms with van der Waals surface area (Å²) in [6, 6.07) is 10.3. The lowest BCUT2D eigenvalue weighted by Crippen LogP contribution is -2.09. The minimum Gasteiger partial charge on any atom is -0.508 e. The smallest absolute Gasteiger partial charge is 0.418 e. The van der Waals surface area contributed by atoms with E-state index in [2.05, 4.69) is 10.5 Å². The molecule has 0 unspecified atom stereocenters. The normalized spacial score (nSPS) is 15.9. The first-order chi connectivity index (χ1) is 10.5. The highest BCUT2D eigenvalue weighted by Crippen LogP contribution is 2.35. The molecule has 114 valence electrons. The summed E-state index contributed by atoms with van der Waals surface area (Å²) >= 11 is 0. The van der Waals surface area contributed by atoms with Crippen LogP contribution in [0, 0.1) is 0 Å². The summed E-state index contributed by atoms with van der Waals surface area (Å²) in [6.45, 7) is 0. The first-order valence-electron chi connectivity index (χ1n) is 6.77. The number of para-hydroxylation sites is 1. The Morgan fingerprint density at radius 1 is 1.00 bits per heavy atom. The van der Waals surface area contributed by atoms with Crippen molar-refractivity contribution in [1.82, 2.24) is 0 Å². The number of phenols is 1. The number of hydrazone groups is 1. The summed E-state index contributed by atoms with van der Waals surface area (Å²) in [7, 11) is 0. The lowest BCUT2D eigenvalue weighted by molar-refractivity contribution is -0.136. The average Bonchev–Trinajstić information content (AvgIpc) is 2.89. The highest BCUT2D eigenvalue weighted by Gasteiger charge is 2.33. The second-order valence-electron chi connectivity index (χ2n) is 5.02. The number of hydrogen-bond donors (Lipinski definition) is 2. The molecule has 0 aliphatic heterocycles. The van der Waals surface area contributed by atoms with Crippen molar-refractivity contribution in [3.8, 4) is 5.75 Å². The Bertz CT molecular complexity index is 738. The number of nitrogens with one attached hydrogen (secondary N) is 1. The zero-order valence-corrected chi connectivity index (χ0v) is 11.5. The number of halogens is 3. The highest BCUT2D eigenvalue weighted by atomic mass is 19.4. The molecule has 0 fully saturated rings. The molecule has 1 aliphatic rings. The van der Waals surface area contributed by atoms with Crippen molar-refractivity contribution in [2.45, 2.75) is 19.0 Å². The van der Waals surface area contributed by atoms with Crippen LogP contribution >= 0.6 is 0 Å². The Hall–Kier alpha value is -2.50. The Kier molecular flexibility index (Phi) is 3.52. The molecule has 6 heteroatoms. The molecule has 0 atom stereocenters. The molecule has 0 aromatic heterocycles. The molecule has 3 rings (SSSR count). The van der Waals surface area contributed by atoms with E-state index in [-0.39, 0.29) is 11.4 Å². The second-order valence-corrected chi connectivity index (χ2v) is 5.02. The van der Waals surface area contributed by atoms with Gasteiger partial charge >= 0.3 is 6.18 Å². The van der Waals surface area contributed by atoms with Gasteiger partial charge < -0.3 is 5.11 Å². The van der Waals surface area contributed by atoms with Gasteiger partial charge in [0, 0.05) is 11.1 Å². The minimum absolute atomic E-state index is 0.0869. The lowest BCUT2D eigenvalue weighted by atomic mass is 10.1. The van der Waals surface area contributed by atoms with Crippen LogP contribution < -0.4 is 5.43 Å². The maximum Gasteiger partial charge on any atom is 0.418 e. The molecule has 0 spiro atoms. The summed E-state index contributed by atoms with van der Waals surface area (Å²) in [5.74, 6) is 0.193. The third-order valence-corrected chi connectivity index (χ3v) is 3.62. The largest absolute Gasteiger partial charge is 0.508 e. The molecule has 0 bridgehead atoms. The molecular formula is C16H13F3N2O. The van der Waals surface area contributed by atoms with Gasteiger partial charge in [-0.3, -0.25) is 5.43 Å². The first-order valence-corrected chi connectivity index (χ1v) is 6.77. The molecule has 3 nitrogen and oxygen atoms in total. The van der Waals surface area contributed by atoms with Crippen LogP contribution in [-0.4, -0.2) is 10.8 Å². The fourth-order valence-corrected chi connectivity index (χ4v) is 2.56. The van der Waals surface area contributed by atoms with Crippen LogP contribution in [0.4, 0.5) is 18.9 Å². The van der Waals surface area contributed by atoms with E-state index in [0.717, 1.165) is 17.2 Å². The van der Waals surface area contributed by atoms with Gasteiger partial charge in [-0.1, -0.05) is 24.3 Å². The molecule has 0 saturated heterocycles. The predicted molar refractivity (Wildman–Crippen MR) is 78.0 cm³/mol. The molecule has 0 amide bonds. The fourth-order valence-electron chi connectivity index (χ4n) is 2.56. The second kappa shape index (κ2) is 5.36. The predicted octanol–water partition coefficient (Wildman–Crippen LogP) is 4.17. The van der Waals surface area contributed by atoms with Crippen molar-refractivity contribution in [3.63, 3.8) is 0 Å². The van der Waals surface area contributed by atoms with E-state index in [1.165, 1.54) is 18.2 Å². The SMILES string of the molecule is Oc1cccc2c1CC/C2=N/Nc1ccccc1C(F)(F)F. The number of hydrogen-bond acceptors (Lipinski definition) is 3. The summed E-state index contributed by atoms with van der Waals surface area (Å²) in [4.78, 5) is 0. The maximum absolute atomic E-state index is 12.9. The number of nitrogens with zero attached hydrogens (tertiary/aromatic N) is 1. The summed E-state index contributed by atoms with van der Waals surface area (Å²) in [5, 5.41) is 13.9. The van der Waals surface area contributed by atoms with Gasteiger partial charge in [0.15, 0.2) is 0 Å². The summed E-state index contributed by atoms with van der Waals surface area (Å²) < 4.78 is 38.8. The van der Waals surface area contributed by atoms with Crippen molar-refractivity contribution in [2.24, 2.45) is 5.10 Å². The number of benzene rings is 2. The van der Waals surface area contributed by atoms with Gasteiger partial charge in [-0.15, -0.1) is 0 Å². The van der Waals surface area contributed by atoms with Gasteiger partial charge in [-0.05, 0) is 31.0 Å². The first kappa shape index (κ1) is 14.4. The topological polar surface area (TPSA) is 44.6 Å². The van der Waals surface area contributed by atoms with E-state index >= 15 is 0 Å². The van der Waals surface area contributed by atoms with Crippen molar-refractivity contribution >= 4 is 11.4 Å². The van der Waals surface area contributed by atoms with Crippen LogP contribution in [0.3, 0.4) is 0 Å². The van der Waals surface area contributed by atoms with E-state index in [4.69, 9.17) is 0 Å². The number of alkyl halides is 3. The number of rotatable bonds is 2. The number of phenolic OH excluding ortho intramolecular Hbond substituents is 1. The van der Waals surface area contributed by atoms with Gasteiger partial charge in [0.1, 0.15) is 5.75 Å². The van der Waals surface area contributed by atoms with E-state index in [1.54, 1.807) is 18.2 Å². The van der Waals surface area contributed by atoms with Gasteiger partial charge in [0.25, 0.3) is 0 Å². The Morgan fingerprint density at radius 2 is 1.77 bits per heavy atom.